The zero-order chi connectivity index (χ0) is 24.2. The van der Waals surface area contributed by atoms with Gasteiger partial charge in [-0.1, -0.05) is 41.9 Å². The summed E-state index contributed by atoms with van der Waals surface area (Å²) in [7, 11) is 0. The lowest BCUT2D eigenvalue weighted by Crippen LogP contribution is -2.21. The van der Waals surface area contributed by atoms with Crippen molar-refractivity contribution < 1.29 is 9.47 Å². The summed E-state index contributed by atoms with van der Waals surface area (Å²) in [5, 5.41) is 0.988. The molecule has 4 heterocycles. The maximum absolute atomic E-state index is 13.8. The number of aromatic nitrogens is 5. The molecule has 176 valence electrons. The van der Waals surface area contributed by atoms with Gasteiger partial charge in [0.15, 0.2) is 22.8 Å². The first-order valence-electron chi connectivity index (χ1n) is 11.5. The van der Waals surface area contributed by atoms with Crippen LogP contribution in [0.1, 0.15) is 5.56 Å². The van der Waals surface area contributed by atoms with Gasteiger partial charge in [-0.3, -0.25) is 13.9 Å². The van der Waals surface area contributed by atoms with Crippen molar-refractivity contribution in [3.8, 4) is 17.2 Å². The van der Waals surface area contributed by atoms with Crippen molar-refractivity contribution in [2.75, 3.05) is 13.2 Å². The second-order valence-electron chi connectivity index (χ2n) is 8.52. The fourth-order valence-electron chi connectivity index (χ4n) is 4.61. The van der Waals surface area contributed by atoms with Crippen LogP contribution in [-0.4, -0.2) is 37.3 Å². The van der Waals surface area contributed by atoms with Gasteiger partial charge >= 0.3 is 0 Å². The molecule has 0 N–H and O–H groups in total. The molecule has 0 bridgehead atoms. The summed E-state index contributed by atoms with van der Waals surface area (Å²) in [5.41, 5.74) is 4.29. The average molecular weight is 496 g/mol. The van der Waals surface area contributed by atoms with E-state index in [1.165, 1.54) is 0 Å². The van der Waals surface area contributed by atoms with Crippen molar-refractivity contribution in [1.29, 1.82) is 0 Å². The lowest BCUT2D eigenvalue weighted by Gasteiger charge is -2.19. The molecular formula is C27H18ClN5O3. The first kappa shape index (κ1) is 20.9. The zero-order valence-electron chi connectivity index (χ0n) is 18.9. The van der Waals surface area contributed by atoms with Gasteiger partial charge in [-0.05, 0) is 35.9 Å². The van der Waals surface area contributed by atoms with E-state index in [0.29, 0.717) is 64.0 Å². The fourth-order valence-corrected chi connectivity index (χ4v) is 4.81. The molecule has 0 fully saturated rings. The van der Waals surface area contributed by atoms with E-state index < -0.39 is 0 Å². The van der Waals surface area contributed by atoms with Crippen molar-refractivity contribution in [3.05, 3.63) is 94.0 Å². The van der Waals surface area contributed by atoms with E-state index >= 15 is 0 Å². The second kappa shape index (κ2) is 8.07. The van der Waals surface area contributed by atoms with E-state index in [4.69, 9.17) is 36.0 Å². The van der Waals surface area contributed by atoms with Crippen molar-refractivity contribution in [1.82, 2.24) is 24.1 Å². The Morgan fingerprint density at radius 2 is 1.61 bits per heavy atom. The highest BCUT2D eigenvalue weighted by molar-refractivity contribution is 6.31. The molecule has 0 radical (unpaired) electrons. The van der Waals surface area contributed by atoms with Gasteiger partial charge in [0.05, 0.1) is 23.3 Å². The second-order valence-corrected chi connectivity index (χ2v) is 8.92. The van der Waals surface area contributed by atoms with Gasteiger partial charge in [0.2, 0.25) is 0 Å². The van der Waals surface area contributed by atoms with Crippen LogP contribution >= 0.6 is 11.6 Å². The molecule has 8 nitrogen and oxygen atoms in total. The van der Waals surface area contributed by atoms with Crippen molar-refractivity contribution in [2.24, 2.45) is 0 Å². The van der Waals surface area contributed by atoms with Crippen molar-refractivity contribution in [3.63, 3.8) is 0 Å². The van der Waals surface area contributed by atoms with Gasteiger partial charge in [0.1, 0.15) is 30.4 Å². The summed E-state index contributed by atoms with van der Waals surface area (Å²) in [4.78, 5) is 28.3. The molecule has 6 aromatic rings. The summed E-state index contributed by atoms with van der Waals surface area (Å²) >= 11 is 6.36. The number of rotatable bonds is 3. The topological polar surface area (TPSA) is 84.1 Å². The summed E-state index contributed by atoms with van der Waals surface area (Å²) in [5.74, 6) is 1.31. The number of benzene rings is 3. The molecule has 9 heteroatoms. The van der Waals surface area contributed by atoms with Gasteiger partial charge < -0.3 is 9.47 Å². The molecule has 0 spiro atoms. The van der Waals surface area contributed by atoms with Gasteiger partial charge in [0, 0.05) is 11.1 Å². The molecule has 0 atom stereocenters. The van der Waals surface area contributed by atoms with Crippen LogP contribution in [0.25, 0.3) is 38.9 Å². The Labute approximate surface area is 209 Å². The SMILES string of the molecule is O=c1c2c3nc4ccccc4nc3n(-c3ccc4c(c3)OCCO4)c2ncn1Cc1ccccc1Cl. The van der Waals surface area contributed by atoms with E-state index in [-0.39, 0.29) is 5.56 Å². The molecule has 0 unspecified atom stereocenters. The average Bonchev–Trinajstić information content (AvgIpc) is 3.23. The van der Waals surface area contributed by atoms with Crippen molar-refractivity contribution >= 4 is 44.8 Å². The summed E-state index contributed by atoms with van der Waals surface area (Å²) in [6.45, 7) is 1.27. The molecule has 36 heavy (non-hydrogen) atoms. The fraction of sp³-hybridized carbons (Fsp3) is 0.111. The Hall–Kier alpha value is -4.43. The maximum Gasteiger partial charge on any atom is 0.265 e. The first-order valence-corrected chi connectivity index (χ1v) is 11.8. The number of hydrogen-bond acceptors (Lipinski definition) is 6. The molecular weight excluding hydrogens is 478 g/mol. The predicted molar refractivity (Wildman–Crippen MR) is 137 cm³/mol. The Balaban J connectivity index is 1.53. The number of fused-ring (bicyclic) bond motifs is 5. The third kappa shape index (κ3) is 3.22. The Bertz CT molecular complexity index is 1880. The molecule has 0 saturated carbocycles. The molecule has 0 amide bonds. The summed E-state index contributed by atoms with van der Waals surface area (Å²) in [6.07, 6.45) is 1.54. The minimum Gasteiger partial charge on any atom is -0.486 e. The zero-order valence-corrected chi connectivity index (χ0v) is 19.6. The minimum absolute atomic E-state index is 0.217. The van der Waals surface area contributed by atoms with Crippen molar-refractivity contribution in [2.45, 2.75) is 6.54 Å². The van der Waals surface area contributed by atoms with Crippen LogP contribution in [0.5, 0.6) is 11.5 Å². The number of para-hydroxylation sites is 2. The molecule has 1 aliphatic rings. The van der Waals surface area contributed by atoms with Crippen LogP contribution in [0.4, 0.5) is 0 Å². The highest BCUT2D eigenvalue weighted by atomic mass is 35.5. The van der Waals surface area contributed by atoms with E-state index in [1.807, 2.05) is 65.2 Å². The van der Waals surface area contributed by atoms with Crippen LogP contribution in [0.3, 0.4) is 0 Å². The quantitative estimate of drug-likeness (QED) is 0.352. The third-order valence-corrected chi connectivity index (χ3v) is 6.68. The minimum atomic E-state index is -0.217. The lowest BCUT2D eigenvalue weighted by molar-refractivity contribution is 0.171. The molecule has 7 rings (SSSR count). The van der Waals surface area contributed by atoms with E-state index in [2.05, 4.69) is 0 Å². The van der Waals surface area contributed by atoms with Crippen LogP contribution < -0.4 is 15.0 Å². The van der Waals surface area contributed by atoms with E-state index in [1.54, 1.807) is 17.0 Å². The molecule has 1 aliphatic heterocycles. The van der Waals surface area contributed by atoms with Gasteiger partial charge in [-0.15, -0.1) is 0 Å². The standard InChI is InChI=1S/C27H18ClN5O3/c28-18-6-2-1-5-16(18)14-32-15-29-25-23(27(32)34)24-26(31-20-8-4-3-7-19(20)30-24)33(25)17-9-10-21-22(13-17)36-12-11-35-21/h1-10,13,15H,11-12,14H2. The predicted octanol–water partition coefficient (Wildman–Crippen LogP) is 4.76. The Morgan fingerprint density at radius 3 is 2.44 bits per heavy atom. The number of ether oxygens (including phenoxy) is 2. The number of halogens is 1. The highest BCUT2D eigenvalue weighted by Gasteiger charge is 2.22. The molecule has 3 aromatic heterocycles. The molecule has 3 aromatic carbocycles. The van der Waals surface area contributed by atoms with Crippen LogP contribution in [-0.2, 0) is 6.54 Å². The normalized spacial score (nSPS) is 13.0. The molecule has 0 aliphatic carbocycles. The van der Waals surface area contributed by atoms with Crippen LogP contribution in [0, 0.1) is 0 Å². The van der Waals surface area contributed by atoms with Gasteiger partial charge in [0.25, 0.3) is 5.56 Å². The largest absolute Gasteiger partial charge is 0.486 e. The van der Waals surface area contributed by atoms with Crippen LogP contribution in [0.2, 0.25) is 5.02 Å². The van der Waals surface area contributed by atoms with Gasteiger partial charge in [-0.25, -0.2) is 15.0 Å². The third-order valence-electron chi connectivity index (χ3n) is 6.31. The maximum atomic E-state index is 13.8. The first-order chi connectivity index (χ1) is 17.7. The number of nitrogens with zero attached hydrogens (tertiary/aromatic N) is 5. The lowest BCUT2D eigenvalue weighted by atomic mass is 10.2. The summed E-state index contributed by atoms with van der Waals surface area (Å²) < 4.78 is 14.9. The number of hydrogen-bond donors (Lipinski definition) is 0. The Morgan fingerprint density at radius 1 is 0.861 bits per heavy atom. The van der Waals surface area contributed by atoms with Crippen LogP contribution in [0.15, 0.2) is 77.9 Å². The smallest absolute Gasteiger partial charge is 0.265 e. The monoisotopic (exact) mass is 495 g/mol. The summed E-state index contributed by atoms with van der Waals surface area (Å²) in [6, 6.07) is 20.7. The molecule has 0 saturated heterocycles. The van der Waals surface area contributed by atoms with E-state index in [0.717, 1.165) is 16.8 Å². The van der Waals surface area contributed by atoms with E-state index in [9.17, 15) is 4.79 Å². The highest BCUT2D eigenvalue weighted by Crippen LogP contribution is 2.35. The van der Waals surface area contributed by atoms with Gasteiger partial charge in [-0.2, -0.15) is 0 Å². The Kier molecular flexibility index (Phi) is 4.68.